The molecule has 0 spiro atoms. The highest BCUT2D eigenvalue weighted by Crippen LogP contribution is 2.28. The number of nitrogens with one attached hydrogen (secondary N) is 3. The van der Waals surface area contributed by atoms with Gasteiger partial charge in [-0.3, -0.25) is 25.2 Å². The van der Waals surface area contributed by atoms with Gasteiger partial charge in [-0.2, -0.15) is 0 Å². The summed E-state index contributed by atoms with van der Waals surface area (Å²) in [5.41, 5.74) is 5.30. The third kappa shape index (κ3) is 5.98. The summed E-state index contributed by atoms with van der Waals surface area (Å²) in [6, 6.07) is 7.00. The van der Waals surface area contributed by atoms with E-state index >= 15 is 0 Å². The molecule has 1 aliphatic carbocycles. The van der Waals surface area contributed by atoms with Crippen molar-refractivity contribution in [3.8, 4) is 5.75 Å². The van der Waals surface area contributed by atoms with Crippen LogP contribution in [0.15, 0.2) is 24.3 Å². The van der Waals surface area contributed by atoms with E-state index in [-0.39, 0.29) is 36.5 Å². The normalized spacial score (nSPS) is 13.1. The minimum Gasteiger partial charge on any atom is -0.494 e. The van der Waals surface area contributed by atoms with E-state index in [1.165, 1.54) is 0 Å². The standard InChI is InChI=1S/C16H21N3O4/c1-2-23-13-7-5-12(6-8-13)17-14(20)9-10-15(21)18-19-16(22)11-3-4-11/h5-8,11H,2-4,9-10H2,1H3,(H,17,20)(H,18,21)(H,19,22). The molecule has 7 nitrogen and oxygen atoms in total. The highest BCUT2D eigenvalue weighted by atomic mass is 16.5. The Bertz CT molecular complexity index is 567. The second kappa shape index (κ2) is 8.17. The lowest BCUT2D eigenvalue weighted by atomic mass is 10.2. The van der Waals surface area contributed by atoms with Crippen LogP contribution < -0.4 is 20.9 Å². The van der Waals surface area contributed by atoms with Gasteiger partial charge in [0.1, 0.15) is 5.75 Å². The summed E-state index contributed by atoms with van der Waals surface area (Å²) in [6.45, 7) is 2.48. The first-order valence-electron chi connectivity index (χ1n) is 7.70. The molecule has 0 unspecified atom stereocenters. The summed E-state index contributed by atoms with van der Waals surface area (Å²) in [4.78, 5) is 34.7. The number of hydrazine groups is 1. The molecule has 0 aliphatic heterocycles. The first-order valence-corrected chi connectivity index (χ1v) is 7.70. The van der Waals surface area contributed by atoms with Crippen LogP contribution in [-0.2, 0) is 14.4 Å². The Morgan fingerprint density at radius 1 is 1.04 bits per heavy atom. The van der Waals surface area contributed by atoms with Gasteiger partial charge in [-0.15, -0.1) is 0 Å². The molecule has 23 heavy (non-hydrogen) atoms. The SMILES string of the molecule is CCOc1ccc(NC(=O)CCC(=O)NNC(=O)C2CC2)cc1. The molecule has 124 valence electrons. The fourth-order valence-corrected chi connectivity index (χ4v) is 1.89. The van der Waals surface area contributed by atoms with E-state index in [0.717, 1.165) is 18.6 Å². The maximum Gasteiger partial charge on any atom is 0.241 e. The van der Waals surface area contributed by atoms with Crippen molar-refractivity contribution in [1.29, 1.82) is 0 Å². The number of ether oxygens (including phenoxy) is 1. The zero-order valence-corrected chi connectivity index (χ0v) is 13.1. The monoisotopic (exact) mass is 319 g/mol. The van der Waals surface area contributed by atoms with E-state index in [4.69, 9.17) is 4.74 Å². The van der Waals surface area contributed by atoms with Crippen LogP contribution >= 0.6 is 0 Å². The quantitative estimate of drug-likeness (QED) is 0.661. The molecule has 3 N–H and O–H groups in total. The predicted octanol–water partition coefficient (Wildman–Crippen LogP) is 1.36. The summed E-state index contributed by atoms with van der Waals surface area (Å²) in [7, 11) is 0. The van der Waals surface area contributed by atoms with Gasteiger partial charge in [0.15, 0.2) is 0 Å². The van der Waals surface area contributed by atoms with Crippen LogP contribution in [-0.4, -0.2) is 24.3 Å². The lowest BCUT2D eigenvalue weighted by Gasteiger charge is -2.08. The van der Waals surface area contributed by atoms with Crippen molar-refractivity contribution in [3.05, 3.63) is 24.3 Å². The summed E-state index contributed by atoms with van der Waals surface area (Å²) in [5, 5.41) is 2.70. The molecule has 0 radical (unpaired) electrons. The van der Waals surface area contributed by atoms with Crippen molar-refractivity contribution < 1.29 is 19.1 Å². The lowest BCUT2D eigenvalue weighted by molar-refractivity contribution is -0.130. The molecule has 1 fully saturated rings. The largest absolute Gasteiger partial charge is 0.494 e. The lowest BCUT2D eigenvalue weighted by Crippen LogP contribution is -2.42. The number of hydrogen-bond donors (Lipinski definition) is 3. The minimum atomic E-state index is -0.388. The third-order valence-corrected chi connectivity index (χ3v) is 3.30. The number of anilines is 1. The van der Waals surface area contributed by atoms with Gasteiger partial charge in [0.25, 0.3) is 0 Å². The van der Waals surface area contributed by atoms with E-state index in [2.05, 4.69) is 16.2 Å². The van der Waals surface area contributed by atoms with Crippen molar-refractivity contribution >= 4 is 23.4 Å². The third-order valence-electron chi connectivity index (χ3n) is 3.30. The number of benzene rings is 1. The molecule has 1 aromatic rings. The van der Waals surface area contributed by atoms with Gasteiger partial charge in [0.05, 0.1) is 6.61 Å². The van der Waals surface area contributed by atoms with Crippen molar-refractivity contribution in [2.75, 3.05) is 11.9 Å². The maximum absolute atomic E-state index is 11.8. The summed E-state index contributed by atoms with van der Waals surface area (Å²) in [5.74, 6) is -0.0644. The smallest absolute Gasteiger partial charge is 0.241 e. The average molecular weight is 319 g/mol. The Balaban J connectivity index is 1.65. The highest BCUT2D eigenvalue weighted by Gasteiger charge is 2.29. The van der Waals surface area contributed by atoms with Crippen molar-refractivity contribution in [2.24, 2.45) is 5.92 Å². The summed E-state index contributed by atoms with van der Waals surface area (Å²) < 4.78 is 5.31. The van der Waals surface area contributed by atoms with Gasteiger partial charge in [-0.25, -0.2) is 0 Å². The Hall–Kier alpha value is -2.57. The molecule has 2 rings (SSSR count). The first kappa shape index (κ1) is 16.8. The van der Waals surface area contributed by atoms with Gasteiger partial charge in [-0.1, -0.05) is 0 Å². The molecular weight excluding hydrogens is 298 g/mol. The molecule has 1 aliphatic rings. The molecular formula is C16H21N3O4. The molecule has 0 bridgehead atoms. The van der Waals surface area contributed by atoms with Crippen LogP contribution in [0, 0.1) is 5.92 Å². The van der Waals surface area contributed by atoms with Crippen LogP contribution in [0.4, 0.5) is 5.69 Å². The van der Waals surface area contributed by atoms with Crippen LogP contribution in [0.5, 0.6) is 5.75 Å². The van der Waals surface area contributed by atoms with E-state index in [1.54, 1.807) is 24.3 Å². The van der Waals surface area contributed by atoms with E-state index < -0.39 is 0 Å². The second-order valence-corrected chi connectivity index (χ2v) is 5.32. The van der Waals surface area contributed by atoms with E-state index in [1.807, 2.05) is 6.92 Å². The fourth-order valence-electron chi connectivity index (χ4n) is 1.89. The fraction of sp³-hybridized carbons (Fsp3) is 0.438. The maximum atomic E-state index is 11.8. The van der Waals surface area contributed by atoms with Crippen LogP contribution in [0.2, 0.25) is 0 Å². The predicted molar refractivity (Wildman–Crippen MR) is 84.5 cm³/mol. The minimum absolute atomic E-state index is 0.00775. The zero-order valence-electron chi connectivity index (χ0n) is 13.1. The average Bonchev–Trinajstić information content (AvgIpc) is 3.38. The number of carbonyl (C=O) groups is 3. The Morgan fingerprint density at radius 3 is 2.30 bits per heavy atom. The van der Waals surface area contributed by atoms with Gasteiger partial charge < -0.3 is 10.1 Å². The molecule has 0 saturated heterocycles. The van der Waals surface area contributed by atoms with Crippen molar-refractivity contribution in [2.45, 2.75) is 32.6 Å². The van der Waals surface area contributed by atoms with Gasteiger partial charge in [0.2, 0.25) is 17.7 Å². The van der Waals surface area contributed by atoms with Crippen molar-refractivity contribution in [3.63, 3.8) is 0 Å². The number of carbonyl (C=O) groups excluding carboxylic acids is 3. The summed E-state index contributed by atoms with van der Waals surface area (Å²) in [6.07, 6.45) is 1.78. The van der Waals surface area contributed by atoms with Crippen molar-refractivity contribution in [1.82, 2.24) is 10.9 Å². The van der Waals surface area contributed by atoms with Gasteiger partial charge >= 0.3 is 0 Å². The van der Waals surface area contributed by atoms with Gasteiger partial charge in [0, 0.05) is 24.4 Å². The number of hydrogen-bond acceptors (Lipinski definition) is 4. The van der Waals surface area contributed by atoms with Crippen LogP contribution in [0.1, 0.15) is 32.6 Å². The second-order valence-electron chi connectivity index (χ2n) is 5.32. The molecule has 1 saturated carbocycles. The first-order chi connectivity index (χ1) is 11.1. The Kier molecular flexibility index (Phi) is 5.96. The van der Waals surface area contributed by atoms with Crippen LogP contribution in [0.3, 0.4) is 0 Å². The van der Waals surface area contributed by atoms with E-state index in [0.29, 0.717) is 12.3 Å². The van der Waals surface area contributed by atoms with Gasteiger partial charge in [-0.05, 0) is 44.0 Å². The molecule has 0 aromatic heterocycles. The zero-order chi connectivity index (χ0) is 16.7. The Morgan fingerprint density at radius 2 is 1.70 bits per heavy atom. The summed E-state index contributed by atoms with van der Waals surface area (Å²) >= 11 is 0. The Labute approximate surface area is 134 Å². The highest BCUT2D eigenvalue weighted by molar-refractivity contribution is 5.93. The number of rotatable bonds is 7. The molecule has 0 atom stereocenters. The van der Waals surface area contributed by atoms with E-state index in [9.17, 15) is 14.4 Å². The molecule has 3 amide bonds. The number of amides is 3. The molecule has 0 heterocycles. The molecule has 1 aromatic carbocycles. The van der Waals surface area contributed by atoms with Crippen LogP contribution in [0.25, 0.3) is 0 Å². The topological polar surface area (TPSA) is 96.5 Å². The molecule has 7 heteroatoms.